The molecule has 6 nitrogen and oxygen atoms in total. The molecule has 22 heavy (non-hydrogen) atoms. The number of aromatic nitrogens is 2. The molecule has 0 atom stereocenters. The summed E-state index contributed by atoms with van der Waals surface area (Å²) in [7, 11) is 0. The molecule has 7 heteroatoms. The molecule has 0 aromatic carbocycles. The van der Waals surface area contributed by atoms with Gasteiger partial charge in [-0.3, -0.25) is 14.4 Å². The van der Waals surface area contributed by atoms with Crippen LogP contribution in [0.3, 0.4) is 0 Å². The fraction of sp³-hybridized carbons (Fsp3) is 0.733. The van der Waals surface area contributed by atoms with E-state index in [4.69, 9.17) is 11.6 Å². The number of nitrogens with one attached hydrogen (secondary N) is 1. The lowest BCUT2D eigenvalue weighted by atomic mass is 10.2. The summed E-state index contributed by atoms with van der Waals surface area (Å²) in [5.41, 5.74) is 1.40. The molecular weight excluding hydrogens is 302 g/mol. The number of nitrogens with zero attached hydrogens (tertiary/aromatic N) is 4. The maximum atomic E-state index is 12.7. The molecule has 0 spiro atoms. The summed E-state index contributed by atoms with van der Waals surface area (Å²) in [6.45, 7) is 10.1. The summed E-state index contributed by atoms with van der Waals surface area (Å²) in [6, 6.07) is 0.463. The zero-order valence-electron chi connectivity index (χ0n) is 13.3. The molecule has 2 aliphatic heterocycles. The Morgan fingerprint density at radius 1 is 1.23 bits per heavy atom. The molecule has 2 aliphatic rings. The van der Waals surface area contributed by atoms with Crippen molar-refractivity contribution in [3.63, 3.8) is 0 Å². The van der Waals surface area contributed by atoms with E-state index in [0.29, 0.717) is 16.8 Å². The molecule has 0 saturated carbocycles. The Morgan fingerprint density at radius 2 is 1.95 bits per heavy atom. The van der Waals surface area contributed by atoms with E-state index < -0.39 is 0 Å². The normalized spacial score (nSPS) is 20.1. The topological polar surface area (TPSA) is 53.4 Å². The van der Waals surface area contributed by atoms with E-state index in [1.54, 1.807) is 0 Å². The van der Waals surface area contributed by atoms with Crippen molar-refractivity contribution in [2.45, 2.75) is 39.4 Å². The van der Waals surface area contributed by atoms with Crippen molar-refractivity contribution >= 4 is 17.5 Å². The van der Waals surface area contributed by atoms with Gasteiger partial charge in [0.05, 0.1) is 10.7 Å². The number of hydrogen-bond donors (Lipinski definition) is 1. The van der Waals surface area contributed by atoms with Crippen LogP contribution >= 0.6 is 11.6 Å². The fourth-order valence-electron chi connectivity index (χ4n) is 3.10. The van der Waals surface area contributed by atoms with Gasteiger partial charge in [-0.1, -0.05) is 11.6 Å². The highest BCUT2D eigenvalue weighted by atomic mass is 35.5. The quantitative estimate of drug-likeness (QED) is 0.887. The zero-order valence-corrected chi connectivity index (χ0v) is 14.1. The average Bonchev–Trinajstić information content (AvgIpc) is 2.71. The van der Waals surface area contributed by atoms with E-state index in [9.17, 15) is 4.79 Å². The number of piperazine rings is 1. The Bertz CT molecular complexity index is 550. The van der Waals surface area contributed by atoms with Gasteiger partial charge in [-0.25, -0.2) is 0 Å². The number of fused-ring (bicyclic) bond motifs is 1. The van der Waals surface area contributed by atoms with Gasteiger partial charge in [-0.05, 0) is 20.3 Å². The average molecular weight is 326 g/mol. The van der Waals surface area contributed by atoms with Gasteiger partial charge in [-0.2, -0.15) is 5.10 Å². The van der Waals surface area contributed by atoms with Crippen molar-refractivity contribution in [1.29, 1.82) is 0 Å². The van der Waals surface area contributed by atoms with Crippen molar-refractivity contribution < 1.29 is 4.79 Å². The highest BCUT2D eigenvalue weighted by Crippen LogP contribution is 2.26. The van der Waals surface area contributed by atoms with Crippen LogP contribution in [0.25, 0.3) is 0 Å². The lowest BCUT2D eigenvalue weighted by Gasteiger charge is -2.27. The Balaban J connectivity index is 1.85. The van der Waals surface area contributed by atoms with Crippen molar-refractivity contribution in [2.24, 2.45) is 0 Å². The molecular formula is C15H24ClN5O. The van der Waals surface area contributed by atoms with Crippen LogP contribution in [-0.2, 0) is 13.1 Å². The Labute approximate surface area is 136 Å². The monoisotopic (exact) mass is 325 g/mol. The Hall–Kier alpha value is -1.11. The highest BCUT2D eigenvalue weighted by molar-refractivity contribution is 6.34. The van der Waals surface area contributed by atoms with Crippen LogP contribution in [-0.4, -0.2) is 64.3 Å². The zero-order chi connectivity index (χ0) is 15.7. The molecule has 0 radical (unpaired) electrons. The van der Waals surface area contributed by atoms with Crippen LogP contribution in [0.5, 0.6) is 0 Å². The largest absolute Gasteiger partial charge is 0.335 e. The summed E-state index contributed by atoms with van der Waals surface area (Å²) in [5.74, 6) is -0.0387. The minimum Gasteiger partial charge on any atom is -0.335 e. The molecule has 1 saturated heterocycles. The third kappa shape index (κ3) is 3.00. The maximum absolute atomic E-state index is 12.7. The van der Waals surface area contributed by atoms with Crippen LogP contribution in [0.15, 0.2) is 0 Å². The van der Waals surface area contributed by atoms with Gasteiger partial charge in [0, 0.05) is 51.9 Å². The molecule has 0 unspecified atom stereocenters. The molecule has 3 heterocycles. The second-order valence-corrected chi connectivity index (χ2v) is 6.67. The minimum absolute atomic E-state index is 0.0387. The van der Waals surface area contributed by atoms with Crippen molar-refractivity contribution in [1.82, 2.24) is 24.9 Å². The molecule has 0 aliphatic carbocycles. The van der Waals surface area contributed by atoms with E-state index in [1.807, 2.05) is 9.58 Å². The highest BCUT2D eigenvalue weighted by Gasteiger charge is 2.28. The second kappa shape index (κ2) is 6.56. The molecule has 1 aromatic rings. The number of amides is 1. The first kappa shape index (κ1) is 15.8. The van der Waals surface area contributed by atoms with Crippen LogP contribution in [0.1, 0.15) is 36.5 Å². The second-order valence-electron chi connectivity index (χ2n) is 6.29. The van der Waals surface area contributed by atoms with Gasteiger partial charge < -0.3 is 10.2 Å². The van der Waals surface area contributed by atoms with Gasteiger partial charge in [0.15, 0.2) is 5.69 Å². The first-order chi connectivity index (χ1) is 10.6. The van der Waals surface area contributed by atoms with Crippen LogP contribution in [0, 0.1) is 0 Å². The summed E-state index contributed by atoms with van der Waals surface area (Å²) in [4.78, 5) is 16.9. The molecule has 122 valence electrons. The number of carbonyl (C=O) groups is 1. The molecule has 1 aromatic heterocycles. The molecule has 1 N–H and O–H groups in total. The minimum atomic E-state index is -0.0387. The van der Waals surface area contributed by atoms with Crippen LogP contribution in [0.4, 0.5) is 0 Å². The van der Waals surface area contributed by atoms with Crippen LogP contribution in [0.2, 0.25) is 5.02 Å². The number of halogens is 1. The summed E-state index contributed by atoms with van der Waals surface area (Å²) in [6.07, 6.45) is 1.03. The van der Waals surface area contributed by atoms with Gasteiger partial charge in [0.2, 0.25) is 0 Å². The van der Waals surface area contributed by atoms with Crippen LogP contribution < -0.4 is 5.32 Å². The third-order valence-electron chi connectivity index (χ3n) is 4.50. The molecule has 0 bridgehead atoms. The van der Waals surface area contributed by atoms with E-state index in [2.05, 4.69) is 29.2 Å². The maximum Gasteiger partial charge on any atom is 0.276 e. The number of rotatable bonds is 2. The predicted molar refractivity (Wildman–Crippen MR) is 86.2 cm³/mol. The van der Waals surface area contributed by atoms with Gasteiger partial charge in [-0.15, -0.1) is 0 Å². The third-order valence-corrected chi connectivity index (χ3v) is 4.90. The van der Waals surface area contributed by atoms with E-state index in [1.165, 1.54) is 0 Å². The molecule has 1 fully saturated rings. The molecule has 3 rings (SSSR count). The summed E-state index contributed by atoms with van der Waals surface area (Å²) >= 11 is 6.53. The summed E-state index contributed by atoms with van der Waals surface area (Å²) in [5, 5.41) is 8.32. The van der Waals surface area contributed by atoms with Gasteiger partial charge in [0.1, 0.15) is 0 Å². The van der Waals surface area contributed by atoms with E-state index in [-0.39, 0.29) is 5.91 Å². The Morgan fingerprint density at radius 3 is 2.64 bits per heavy atom. The van der Waals surface area contributed by atoms with E-state index >= 15 is 0 Å². The lowest BCUT2D eigenvalue weighted by Crippen LogP contribution is -2.46. The number of aryl methyl sites for hydroxylation is 1. The lowest BCUT2D eigenvalue weighted by molar-refractivity contribution is 0.0729. The van der Waals surface area contributed by atoms with Gasteiger partial charge in [0.25, 0.3) is 5.91 Å². The number of hydrogen-bond acceptors (Lipinski definition) is 4. The van der Waals surface area contributed by atoms with Crippen molar-refractivity contribution in [3.8, 4) is 0 Å². The van der Waals surface area contributed by atoms with Gasteiger partial charge >= 0.3 is 0 Å². The standard InChI is InChI=1S/C15H24ClN5O/c1-11(2)20-6-3-7-21-12(10-20)13(16)14(18-21)15(22)19-8-4-17-5-9-19/h11,17H,3-10H2,1-2H3. The van der Waals surface area contributed by atoms with E-state index in [0.717, 1.165) is 57.9 Å². The van der Waals surface area contributed by atoms with Crippen molar-refractivity contribution in [2.75, 3.05) is 32.7 Å². The fourth-order valence-corrected chi connectivity index (χ4v) is 3.38. The smallest absolute Gasteiger partial charge is 0.276 e. The number of carbonyl (C=O) groups excluding carboxylic acids is 1. The van der Waals surface area contributed by atoms with Crippen molar-refractivity contribution in [3.05, 3.63) is 16.4 Å². The first-order valence-electron chi connectivity index (χ1n) is 8.07. The summed E-state index contributed by atoms with van der Waals surface area (Å²) < 4.78 is 1.93. The predicted octanol–water partition coefficient (Wildman–Crippen LogP) is 1.20. The Kier molecular flexibility index (Phi) is 4.70. The SMILES string of the molecule is CC(C)N1CCCn2nc(C(=O)N3CCNCC3)c(Cl)c2C1. The molecule has 1 amide bonds. The first-order valence-corrected chi connectivity index (χ1v) is 8.45.